The number of anilines is 1. The molecule has 20 heavy (non-hydrogen) atoms. The molecule has 2 atom stereocenters. The van der Waals surface area contributed by atoms with E-state index in [4.69, 9.17) is 9.47 Å². The van der Waals surface area contributed by atoms with Gasteiger partial charge in [0.15, 0.2) is 11.5 Å². The number of ether oxygens (including phenoxy) is 2. The summed E-state index contributed by atoms with van der Waals surface area (Å²) in [6.45, 7) is 0.267. The van der Waals surface area contributed by atoms with Gasteiger partial charge in [-0.2, -0.15) is 0 Å². The van der Waals surface area contributed by atoms with Gasteiger partial charge < -0.3 is 14.4 Å². The quantitative estimate of drug-likeness (QED) is 0.850. The van der Waals surface area contributed by atoms with Gasteiger partial charge >= 0.3 is 0 Å². The summed E-state index contributed by atoms with van der Waals surface area (Å²) in [4.78, 5) is 14.3. The molecule has 4 nitrogen and oxygen atoms in total. The van der Waals surface area contributed by atoms with Gasteiger partial charge in [-0.1, -0.05) is 19.3 Å². The van der Waals surface area contributed by atoms with Crippen molar-refractivity contribution in [1.29, 1.82) is 0 Å². The Morgan fingerprint density at radius 1 is 1.25 bits per heavy atom. The lowest BCUT2D eigenvalue weighted by molar-refractivity contribution is -0.120. The van der Waals surface area contributed by atoms with Gasteiger partial charge in [-0.15, -0.1) is 0 Å². The zero-order valence-electron chi connectivity index (χ0n) is 11.7. The Kier molecular flexibility index (Phi) is 2.65. The van der Waals surface area contributed by atoms with Crippen LogP contribution in [0.1, 0.15) is 25.7 Å². The van der Waals surface area contributed by atoms with Gasteiger partial charge in [0.1, 0.15) is 0 Å². The van der Waals surface area contributed by atoms with Gasteiger partial charge in [0, 0.05) is 24.7 Å². The summed E-state index contributed by atoms with van der Waals surface area (Å²) >= 11 is 0. The van der Waals surface area contributed by atoms with E-state index in [1.54, 1.807) is 4.90 Å². The molecule has 106 valence electrons. The average Bonchev–Trinajstić information content (AvgIpc) is 3.01. The molecule has 1 heterocycles. The highest BCUT2D eigenvalue weighted by Crippen LogP contribution is 2.52. The average molecular weight is 273 g/mol. The molecule has 0 spiro atoms. The lowest BCUT2D eigenvalue weighted by Crippen LogP contribution is -2.29. The van der Waals surface area contributed by atoms with Crippen LogP contribution in [0.2, 0.25) is 0 Å². The first-order valence-electron chi connectivity index (χ1n) is 7.41. The summed E-state index contributed by atoms with van der Waals surface area (Å²) in [6, 6.07) is 5.69. The van der Waals surface area contributed by atoms with Crippen molar-refractivity contribution < 1.29 is 14.3 Å². The predicted octanol–water partition coefficient (Wildman–Crippen LogP) is 2.81. The molecule has 0 bridgehead atoms. The maximum absolute atomic E-state index is 12.5. The van der Waals surface area contributed by atoms with Crippen LogP contribution in [0, 0.1) is 17.8 Å². The Morgan fingerprint density at radius 3 is 2.80 bits per heavy atom. The Bertz CT molecular complexity index is 553. The monoisotopic (exact) mass is 273 g/mol. The van der Waals surface area contributed by atoms with E-state index in [9.17, 15) is 4.79 Å². The summed E-state index contributed by atoms with van der Waals surface area (Å²) < 4.78 is 10.7. The van der Waals surface area contributed by atoms with Crippen LogP contribution in [0.4, 0.5) is 5.69 Å². The lowest BCUT2D eigenvalue weighted by atomic mass is 9.81. The molecule has 0 radical (unpaired) electrons. The fourth-order valence-corrected chi connectivity index (χ4v) is 3.36. The number of hydrogen-bond donors (Lipinski definition) is 0. The molecule has 4 heteroatoms. The van der Waals surface area contributed by atoms with Crippen molar-refractivity contribution in [1.82, 2.24) is 0 Å². The zero-order valence-corrected chi connectivity index (χ0v) is 11.7. The topological polar surface area (TPSA) is 38.8 Å². The van der Waals surface area contributed by atoms with E-state index in [1.807, 2.05) is 25.2 Å². The highest BCUT2D eigenvalue weighted by Gasteiger charge is 2.49. The number of benzene rings is 1. The minimum absolute atomic E-state index is 0.246. The van der Waals surface area contributed by atoms with Crippen molar-refractivity contribution in [2.24, 2.45) is 17.8 Å². The van der Waals surface area contributed by atoms with Crippen LogP contribution in [0.15, 0.2) is 18.2 Å². The number of fused-ring (bicyclic) bond motifs is 1. The Morgan fingerprint density at radius 2 is 2.05 bits per heavy atom. The predicted molar refractivity (Wildman–Crippen MR) is 74.9 cm³/mol. The molecule has 1 amide bonds. The van der Waals surface area contributed by atoms with Gasteiger partial charge in [-0.05, 0) is 30.4 Å². The molecule has 2 fully saturated rings. The highest BCUT2D eigenvalue weighted by molar-refractivity contribution is 5.96. The first-order valence-corrected chi connectivity index (χ1v) is 7.41. The van der Waals surface area contributed by atoms with Gasteiger partial charge in [0.05, 0.1) is 0 Å². The summed E-state index contributed by atoms with van der Waals surface area (Å²) in [6.07, 6.45) is 5.07. The van der Waals surface area contributed by atoms with E-state index in [2.05, 4.69) is 0 Å². The van der Waals surface area contributed by atoms with E-state index in [-0.39, 0.29) is 18.6 Å². The lowest BCUT2D eigenvalue weighted by Gasteiger charge is -2.26. The van der Waals surface area contributed by atoms with Crippen LogP contribution in [-0.4, -0.2) is 19.7 Å². The molecule has 1 aromatic carbocycles. The summed E-state index contributed by atoms with van der Waals surface area (Å²) in [5, 5.41) is 0. The molecule has 1 aromatic rings. The van der Waals surface area contributed by atoms with Crippen LogP contribution in [-0.2, 0) is 4.79 Å². The van der Waals surface area contributed by atoms with E-state index in [0.29, 0.717) is 5.92 Å². The molecule has 0 unspecified atom stereocenters. The fraction of sp³-hybridized carbons (Fsp3) is 0.562. The van der Waals surface area contributed by atoms with Crippen molar-refractivity contribution in [3.63, 3.8) is 0 Å². The van der Waals surface area contributed by atoms with E-state index < -0.39 is 0 Å². The first kappa shape index (κ1) is 12.1. The smallest absolute Gasteiger partial charge is 0.231 e. The molecule has 0 N–H and O–H groups in total. The number of amides is 1. The van der Waals surface area contributed by atoms with E-state index >= 15 is 0 Å². The highest BCUT2D eigenvalue weighted by atomic mass is 16.7. The maximum Gasteiger partial charge on any atom is 0.231 e. The molecular weight excluding hydrogens is 254 g/mol. The fourth-order valence-electron chi connectivity index (χ4n) is 3.36. The largest absolute Gasteiger partial charge is 0.454 e. The minimum Gasteiger partial charge on any atom is -0.454 e. The van der Waals surface area contributed by atoms with Crippen molar-refractivity contribution in [3.05, 3.63) is 18.2 Å². The van der Waals surface area contributed by atoms with Crippen LogP contribution in [0.5, 0.6) is 11.5 Å². The summed E-state index contributed by atoms with van der Waals surface area (Å²) in [7, 11) is 1.86. The third-order valence-electron chi connectivity index (χ3n) is 4.99. The van der Waals surface area contributed by atoms with Gasteiger partial charge in [-0.3, -0.25) is 4.79 Å². The molecule has 1 aliphatic heterocycles. The van der Waals surface area contributed by atoms with Crippen LogP contribution in [0.25, 0.3) is 0 Å². The third-order valence-corrected chi connectivity index (χ3v) is 4.99. The SMILES string of the molecule is CN(C(=O)[C@@H]1C[C@H]1C1CCC1)c1ccc2c(c1)OCO2. The summed E-state index contributed by atoms with van der Waals surface area (Å²) in [5.74, 6) is 3.44. The van der Waals surface area contributed by atoms with Gasteiger partial charge in [0.25, 0.3) is 0 Å². The molecule has 2 aliphatic carbocycles. The summed E-state index contributed by atoms with van der Waals surface area (Å²) in [5.41, 5.74) is 0.888. The van der Waals surface area contributed by atoms with Crippen LogP contribution in [0.3, 0.4) is 0 Å². The second kappa shape index (κ2) is 4.40. The first-order chi connectivity index (χ1) is 9.74. The minimum atomic E-state index is 0.246. The molecule has 0 aromatic heterocycles. The molecule has 4 rings (SSSR count). The van der Waals surface area contributed by atoms with Gasteiger partial charge in [0.2, 0.25) is 12.7 Å². The number of carbonyl (C=O) groups is 1. The van der Waals surface area contributed by atoms with Crippen molar-refractivity contribution in [3.8, 4) is 11.5 Å². The second-order valence-electron chi connectivity index (χ2n) is 6.13. The zero-order chi connectivity index (χ0) is 13.7. The number of hydrogen-bond acceptors (Lipinski definition) is 3. The molecule has 0 saturated heterocycles. The Hall–Kier alpha value is -1.71. The molecular formula is C16H19NO3. The van der Waals surface area contributed by atoms with Crippen molar-refractivity contribution >= 4 is 11.6 Å². The van der Waals surface area contributed by atoms with E-state index in [1.165, 1.54) is 19.3 Å². The maximum atomic E-state index is 12.5. The number of rotatable bonds is 3. The van der Waals surface area contributed by atoms with E-state index in [0.717, 1.165) is 29.5 Å². The number of nitrogens with zero attached hydrogens (tertiary/aromatic N) is 1. The normalized spacial score (nSPS) is 27.1. The van der Waals surface area contributed by atoms with Crippen molar-refractivity contribution in [2.75, 3.05) is 18.7 Å². The van der Waals surface area contributed by atoms with Crippen LogP contribution >= 0.6 is 0 Å². The molecule has 2 saturated carbocycles. The van der Waals surface area contributed by atoms with Gasteiger partial charge in [-0.25, -0.2) is 0 Å². The number of carbonyl (C=O) groups excluding carboxylic acids is 1. The molecule has 3 aliphatic rings. The Labute approximate surface area is 118 Å². The Balaban J connectivity index is 1.47. The second-order valence-corrected chi connectivity index (χ2v) is 6.13. The van der Waals surface area contributed by atoms with Crippen LogP contribution < -0.4 is 14.4 Å². The van der Waals surface area contributed by atoms with Crippen molar-refractivity contribution in [2.45, 2.75) is 25.7 Å². The standard InChI is InChI=1S/C16H19NO3/c1-17(11-5-6-14-15(7-11)20-9-19-14)16(18)13-8-12(13)10-3-2-4-10/h5-7,10,12-13H,2-4,8-9H2,1H3/t12-,13+/m0/s1. The third kappa shape index (κ3) is 1.86.